The van der Waals surface area contributed by atoms with Gasteiger partial charge in [-0.3, -0.25) is 14.8 Å². The fourth-order valence-corrected chi connectivity index (χ4v) is 2.01. The predicted molar refractivity (Wildman–Crippen MR) is 75.2 cm³/mol. The minimum Gasteiger partial charge on any atom is -0.319 e. The summed E-state index contributed by atoms with van der Waals surface area (Å²) in [7, 11) is 1.91. The van der Waals surface area contributed by atoms with Crippen molar-refractivity contribution in [2.24, 2.45) is 5.92 Å². The Bertz CT molecular complexity index is 596. The summed E-state index contributed by atoms with van der Waals surface area (Å²) in [5, 5.41) is 18.2. The van der Waals surface area contributed by atoms with E-state index in [4.69, 9.17) is 0 Å². The average molecular weight is 275 g/mol. The summed E-state index contributed by atoms with van der Waals surface area (Å²) in [5.74, 6) is 0.935. The second kappa shape index (κ2) is 6.25. The predicted octanol–water partition coefficient (Wildman–Crippen LogP) is 1.71. The Labute approximate surface area is 116 Å². The molecule has 1 N–H and O–H groups in total. The first kappa shape index (κ1) is 14.1. The van der Waals surface area contributed by atoms with Gasteiger partial charge in [0.25, 0.3) is 5.69 Å². The second-order valence-corrected chi connectivity index (χ2v) is 4.76. The molecule has 0 saturated heterocycles. The molecule has 2 rings (SSSR count). The summed E-state index contributed by atoms with van der Waals surface area (Å²) in [5.41, 5.74) is 0.696. The van der Waals surface area contributed by atoms with Crippen LogP contribution in [0.5, 0.6) is 0 Å². The third-order valence-electron chi connectivity index (χ3n) is 2.90. The summed E-state index contributed by atoms with van der Waals surface area (Å²) in [6.07, 6.45) is 1.65. The molecular formula is C13H17N5O2. The van der Waals surface area contributed by atoms with E-state index in [-0.39, 0.29) is 5.69 Å². The number of nitrogens with zero attached hydrogens (tertiary/aromatic N) is 4. The maximum absolute atomic E-state index is 10.8. The van der Waals surface area contributed by atoms with Crippen LogP contribution in [0.2, 0.25) is 0 Å². The smallest absolute Gasteiger partial charge is 0.270 e. The van der Waals surface area contributed by atoms with E-state index < -0.39 is 4.92 Å². The van der Waals surface area contributed by atoms with Crippen LogP contribution >= 0.6 is 0 Å². The summed E-state index contributed by atoms with van der Waals surface area (Å²) in [4.78, 5) is 14.5. The molecule has 1 heterocycles. The molecule has 2 aromatic rings. The fourth-order valence-electron chi connectivity index (χ4n) is 2.01. The molecule has 0 aliphatic carbocycles. The Balaban J connectivity index is 2.16. The van der Waals surface area contributed by atoms with Gasteiger partial charge in [-0.05, 0) is 19.5 Å². The van der Waals surface area contributed by atoms with E-state index in [0.717, 1.165) is 13.1 Å². The van der Waals surface area contributed by atoms with Crippen LogP contribution < -0.4 is 5.32 Å². The van der Waals surface area contributed by atoms with Gasteiger partial charge < -0.3 is 5.32 Å². The highest BCUT2D eigenvalue weighted by Gasteiger charge is 2.11. The minimum atomic E-state index is -0.421. The Morgan fingerprint density at radius 3 is 3.00 bits per heavy atom. The topological polar surface area (TPSA) is 85.9 Å². The molecule has 0 fully saturated rings. The molecule has 0 saturated carbocycles. The van der Waals surface area contributed by atoms with Gasteiger partial charge >= 0.3 is 0 Å². The Morgan fingerprint density at radius 2 is 2.30 bits per heavy atom. The normalized spacial score (nSPS) is 12.3. The third kappa shape index (κ3) is 3.39. The number of nitro groups is 1. The Kier molecular flexibility index (Phi) is 4.41. The molecule has 106 valence electrons. The molecule has 1 aromatic carbocycles. The molecule has 20 heavy (non-hydrogen) atoms. The number of aromatic nitrogens is 3. The number of non-ortho nitro benzene ring substituents is 1. The minimum absolute atomic E-state index is 0.0439. The first-order valence-corrected chi connectivity index (χ1v) is 6.39. The van der Waals surface area contributed by atoms with Crippen molar-refractivity contribution in [1.29, 1.82) is 0 Å². The quantitative estimate of drug-likeness (QED) is 0.640. The maximum atomic E-state index is 10.8. The van der Waals surface area contributed by atoms with Gasteiger partial charge in [0.1, 0.15) is 6.33 Å². The second-order valence-electron chi connectivity index (χ2n) is 4.76. The Hall–Kier alpha value is -2.28. The average Bonchev–Trinajstić information content (AvgIpc) is 2.87. The third-order valence-corrected chi connectivity index (χ3v) is 2.90. The van der Waals surface area contributed by atoms with E-state index >= 15 is 0 Å². The number of nitro benzene ring substituents is 1. The lowest BCUT2D eigenvalue weighted by molar-refractivity contribution is -0.384. The number of hydrogen-bond donors (Lipinski definition) is 1. The van der Waals surface area contributed by atoms with Crippen molar-refractivity contribution in [3.05, 3.63) is 40.7 Å². The van der Waals surface area contributed by atoms with Crippen LogP contribution in [-0.4, -0.2) is 33.3 Å². The highest BCUT2D eigenvalue weighted by Crippen LogP contribution is 2.20. The largest absolute Gasteiger partial charge is 0.319 e. The molecule has 7 nitrogen and oxygen atoms in total. The van der Waals surface area contributed by atoms with Gasteiger partial charge in [-0.1, -0.05) is 19.1 Å². The van der Waals surface area contributed by atoms with Gasteiger partial charge in [-0.2, -0.15) is 5.10 Å². The first-order valence-electron chi connectivity index (χ1n) is 6.39. The first-order chi connectivity index (χ1) is 9.60. The van der Waals surface area contributed by atoms with Crippen LogP contribution in [0.15, 0.2) is 30.6 Å². The van der Waals surface area contributed by atoms with Crippen molar-refractivity contribution in [1.82, 2.24) is 20.1 Å². The number of hydrogen-bond acceptors (Lipinski definition) is 5. The van der Waals surface area contributed by atoms with Crippen LogP contribution in [0.25, 0.3) is 11.4 Å². The highest BCUT2D eigenvalue weighted by molar-refractivity contribution is 5.58. The molecule has 0 radical (unpaired) electrons. The van der Waals surface area contributed by atoms with Crippen molar-refractivity contribution in [3.8, 4) is 11.4 Å². The van der Waals surface area contributed by atoms with Gasteiger partial charge in [0, 0.05) is 24.2 Å². The lowest BCUT2D eigenvalue weighted by atomic mass is 10.2. The number of benzene rings is 1. The van der Waals surface area contributed by atoms with Crippen LogP contribution in [0.3, 0.4) is 0 Å². The molecule has 1 atom stereocenters. The lowest BCUT2D eigenvalue weighted by Gasteiger charge is -2.09. The van der Waals surface area contributed by atoms with E-state index in [1.807, 2.05) is 7.05 Å². The number of nitrogens with one attached hydrogen (secondary N) is 1. The molecular weight excluding hydrogens is 258 g/mol. The van der Waals surface area contributed by atoms with E-state index in [2.05, 4.69) is 22.3 Å². The van der Waals surface area contributed by atoms with Crippen LogP contribution in [0.4, 0.5) is 5.69 Å². The molecule has 0 amide bonds. The van der Waals surface area contributed by atoms with Crippen LogP contribution in [-0.2, 0) is 6.54 Å². The molecule has 1 aromatic heterocycles. The van der Waals surface area contributed by atoms with Gasteiger partial charge in [0.15, 0.2) is 5.82 Å². The molecule has 1 unspecified atom stereocenters. The number of rotatable bonds is 6. The van der Waals surface area contributed by atoms with E-state index in [1.165, 1.54) is 12.1 Å². The van der Waals surface area contributed by atoms with Crippen LogP contribution in [0, 0.1) is 16.0 Å². The van der Waals surface area contributed by atoms with Crippen molar-refractivity contribution in [2.45, 2.75) is 13.5 Å². The summed E-state index contributed by atoms with van der Waals surface area (Å²) >= 11 is 0. The maximum Gasteiger partial charge on any atom is 0.270 e. The van der Waals surface area contributed by atoms with Crippen LogP contribution in [0.1, 0.15) is 6.92 Å². The molecule has 0 bridgehead atoms. The van der Waals surface area contributed by atoms with Gasteiger partial charge in [-0.15, -0.1) is 0 Å². The van der Waals surface area contributed by atoms with E-state index in [1.54, 1.807) is 23.1 Å². The van der Waals surface area contributed by atoms with Crippen molar-refractivity contribution >= 4 is 5.69 Å². The van der Waals surface area contributed by atoms with Gasteiger partial charge in [-0.25, -0.2) is 4.98 Å². The molecule has 0 aliphatic heterocycles. The van der Waals surface area contributed by atoms with Gasteiger partial charge in [0.05, 0.1) is 4.92 Å². The van der Waals surface area contributed by atoms with Gasteiger partial charge in [0.2, 0.25) is 0 Å². The van der Waals surface area contributed by atoms with E-state index in [0.29, 0.717) is 17.3 Å². The monoisotopic (exact) mass is 275 g/mol. The molecule has 7 heteroatoms. The fraction of sp³-hybridized carbons (Fsp3) is 0.385. The standard InChI is InChI=1S/C13H17N5O2/c1-10(7-14-2)8-17-9-15-13(16-17)11-4-3-5-12(6-11)18(19)20/h3-6,9-10,14H,7-8H2,1-2H3. The lowest BCUT2D eigenvalue weighted by Crippen LogP contribution is -2.20. The summed E-state index contributed by atoms with van der Waals surface area (Å²) < 4.78 is 1.76. The van der Waals surface area contributed by atoms with Crippen molar-refractivity contribution in [2.75, 3.05) is 13.6 Å². The summed E-state index contributed by atoms with van der Waals surface area (Å²) in [6, 6.07) is 6.34. The molecule has 0 spiro atoms. The zero-order chi connectivity index (χ0) is 14.5. The molecule has 0 aliphatic rings. The summed E-state index contributed by atoms with van der Waals surface area (Å²) in [6.45, 7) is 3.76. The van der Waals surface area contributed by atoms with Crippen molar-refractivity contribution in [3.63, 3.8) is 0 Å². The Morgan fingerprint density at radius 1 is 1.50 bits per heavy atom. The van der Waals surface area contributed by atoms with E-state index in [9.17, 15) is 10.1 Å². The zero-order valence-corrected chi connectivity index (χ0v) is 11.5. The highest BCUT2D eigenvalue weighted by atomic mass is 16.6. The zero-order valence-electron chi connectivity index (χ0n) is 11.5. The SMILES string of the molecule is CNCC(C)Cn1cnc(-c2cccc([N+](=O)[O-])c2)n1. The van der Waals surface area contributed by atoms with Crippen molar-refractivity contribution < 1.29 is 4.92 Å².